The molecule has 0 aliphatic rings. The summed E-state index contributed by atoms with van der Waals surface area (Å²) < 4.78 is 0. The topological polar surface area (TPSA) is 34.1 Å². The highest BCUT2D eigenvalue weighted by atomic mass is 32.2. The number of thioether (sulfide) groups is 2. The van der Waals surface area contributed by atoms with E-state index in [0.717, 1.165) is 30.8 Å². The second-order valence-electron chi connectivity index (χ2n) is 4.04. The van der Waals surface area contributed by atoms with Crippen molar-refractivity contribution >= 4 is 35.1 Å². The first-order chi connectivity index (χ1) is 8.20. The van der Waals surface area contributed by atoms with Gasteiger partial charge < -0.3 is 0 Å². The van der Waals surface area contributed by atoms with Crippen LogP contribution in [0, 0.1) is 0 Å². The van der Waals surface area contributed by atoms with Crippen molar-refractivity contribution in [3.8, 4) is 0 Å². The summed E-state index contributed by atoms with van der Waals surface area (Å²) in [4.78, 5) is 22.4. The van der Waals surface area contributed by atoms with Crippen molar-refractivity contribution in [3.05, 3.63) is 0 Å². The predicted octanol–water partition coefficient (Wildman–Crippen LogP) is 3.58. The highest BCUT2D eigenvalue weighted by molar-refractivity contribution is 8.00. The Hall–Kier alpha value is 0.0400. The third kappa shape index (κ3) is 12.3. The summed E-state index contributed by atoms with van der Waals surface area (Å²) in [7, 11) is 0. The van der Waals surface area contributed by atoms with Crippen LogP contribution in [0.1, 0.15) is 46.0 Å². The van der Waals surface area contributed by atoms with Crippen LogP contribution in [0.15, 0.2) is 0 Å². The van der Waals surface area contributed by atoms with Crippen LogP contribution in [0.2, 0.25) is 0 Å². The van der Waals surface area contributed by atoms with Gasteiger partial charge in [0.2, 0.25) is 0 Å². The smallest absolute Gasteiger partial charge is 0.142 e. The molecule has 0 unspecified atom stereocenters. The minimum atomic E-state index is 0.364. The first-order valence-corrected chi connectivity index (χ1v) is 8.70. The normalized spacial score (nSPS) is 10.5. The fourth-order valence-corrected chi connectivity index (χ4v) is 3.25. The Morgan fingerprint density at radius 3 is 1.59 bits per heavy atom. The fraction of sp³-hybridized carbons (Fsp3) is 0.846. The van der Waals surface area contributed by atoms with Crippen LogP contribution in [0.25, 0.3) is 0 Å². The molecule has 4 heteroatoms. The zero-order valence-electron chi connectivity index (χ0n) is 11.0. The van der Waals surface area contributed by atoms with Crippen molar-refractivity contribution in [3.63, 3.8) is 0 Å². The van der Waals surface area contributed by atoms with Gasteiger partial charge in [-0.05, 0) is 30.8 Å². The Kier molecular flexibility index (Phi) is 12.5. The highest BCUT2D eigenvalue weighted by Crippen LogP contribution is 2.10. The van der Waals surface area contributed by atoms with Gasteiger partial charge in [-0.2, -0.15) is 23.5 Å². The lowest BCUT2D eigenvalue weighted by atomic mass is 10.3. The highest BCUT2D eigenvalue weighted by Gasteiger charge is 2.01. The first-order valence-electron chi connectivity index (χ1n) is 6.39. The van der Waals surface area contributed by atoms with E-state index in [9.17, 15) is 9.59 Å². The number of carbonyl (C=O) groups excluding carboxylic acids is 2. The minimum Gasteiger partial charge on any atom is -0.299 e. The van der Waals surface area contributed by atoms with Crippen LogP contribution >= 0.6 is 23.5 Å². The fourth-order valence-electron chi connectivity index (χ4n) is 1.34. The quantitative estimate of drug-likeness (QED) is 0.510. The summed E-state index contributed by atoms with van der Waals surface area (Å²) in [5, 5.41) is 0. The van der Waals surface area contributed by atoms with Gasteiger partial charge in [0.1, 0.15) is 11.6 Å². The summed E-state index contributed by atoms with van der Waals surface area (Å²) in [5.74, 6) is 4.11. The molecule has 2 nitrogen and oxygen atoms in total. The van der Waals surface area contributed by atoms with Gasteiger partial charge in [-0.25, -0.2) is 0 Å². The molecule has 0 aromatic carbocycles. The largest absolute Gasteiger partial charge is 0.299 e. The van der Waals surface area contributed by atoms with E-state index in [1.807, 2.05) is 13.8 Å². The molecule has 0 aliphatic carbocycles. The van der Waals surface area contributed by atoms with Gasteiger partial charge in [-0.3, -0.25) is 9.59 Å². The molecule has 0 rings (SSSR count). The van der Waals surface area contributed by atoms with Crippen LogP contribution in [-0.2, 0) is 9.59 Å². The van der Waals surface area contributed by atoms with E-state index in [1.165, 1.54) is 0 Å². The number of hydrogen-bond acceptors (Lipinski definition) is 4. The van der Waals surface area contributed by atoms with Crippen molar-refractivity contribution in [1.29, 1.82) is 0 Å². The molecule has 0 heterocycles. The van der Waals surface area contributed by atoms with E-state index in [4.69, 9.17) is 0 Å². The summed E-state index contributed by atoms with van der Waals surface area (Å²) in [6.07, 6.45) is 4.43. The van der Waals surface area contributed by atoms with Gasteiger partial charge in [0.05, 0.1) is 11.5 Å². The number of hydrogen-bond donors (Lipinski definition) is 0. The SMILES string of the molecule is CCCC(=O)CSCCCSCC(=O)CCC. The van der Waals surface area contributed by atoms with Gasteiger partial charge in [-0.15, -0.1) is 0 Å². The molecule has 0 aliphatic heterocycles. The molecule has 0 saturated heterocycles. The lowest BCUT2D eigenvalue weighted by molar-refractivity contribution is -0.117. The van der Waals surface area contributed by atoms with Gasteiger partial charge in [0.25, 0.3) is 0 Å². The maximum atomic E-state index is 11.2. The van der Waals surface area contributed by atoms with Crippen molar-refractivity contribution in [2.75, 3.05) is 23.0 Å². The second kappa shape index (κ2) is 12.5. The molecule has 17 heavy (non-hydrogen) atoms. The van der Waals surface area contributed by atoms with Crippen molar-refractivity contribution in [2.45, 2.75) is 46.0 Å². The molecule has 100 valence electrons. The molecule has 0 amide bonds. The van der Waals surface area contributed by atoms with Crippen molar-refractivity contribution < 1.29 is 9.59 Å². The van der Waals surface area contributed by atoms with E-state index in [-0.39, 0.29) is 0 Å². The Morgan fingerprint density at radius 2 is 1.24 bits per heavy atom. The Bertz CT molecular complexity index is 195. The van der Waals surface area contributed by atoms with Crippen LogP contribution in [0.3, 0.4) is 0 Å². The molecule has 0 fully saturated rings. The van der Waals surface area contributed by atoms with Gasteiger partial charge in [0, 0.05) is 12.8 Å². The standard InChI is InChI=1S/C13H24O2S2/c1-3-6-12(14)10-16-8-5-9-17-11-13(15)7-4-2/h3-11H2,1-2H3. The maximum absolute atomic E-state index is 11.2. The van der Waals surface area contributed by atoms with Crippen LogP contribution < -0.4 is 0 Å². The third-order valence-electron chi connectivity index (χ3n) is 2.16. The zero-order chi connectivity index (χ0) is 12.9. The Morgan fingerprint density at radius 1 is 0.824 bits per heavy atom. The van der Waals surface area contributed by atoms with E-state index in [1.54, 1.807) is 23.5 Å². The minimum absolute atomic E-state index is 0.364. The van der Waals surface area contributed by atoms with Crippen molar-refractivity contribution in [1.82, 2.24) is 0 Å². The van der Waals surface area contributed by atoms with E-state index >= 15 is 0 Å². The molecule has 0 aromatic rings. The molecule has 0 saturated carbocycles. The molecule has 0 aromatic heterocycles. The first kappa shape index (κ1) is 17.0. The third-order valence-corrected chi connectivity index (χ3v) is 4.37. The number of rotatable bonds is 12. The summed E-state index contributed by atoms with van der Waals surface area (Å²) in [6, 6.07) is 0. The van der Waals surface area contributed by atoms with Gasteiger partial charge >= 0.3 is 0 Å². The molecule has 0 bridgehead atoms. The average molecular weight is 276 g/mol. The average Bonchev–Trinajstić information content (AvgIpc) is 2.28. The van der Waals surface area contributed by atoms with E-state index < -0.39 is 0 Å². The number of carbonyl (C=O) groups is 2. The molecule has 0 N–H and O–H groups in total. The second-order valence-corrected chi connectivity index (χ2v) is 6.25. The molecular weight excluding hydrogens is 252 g/mol. The van der Waals surface area contributed by atoms with Gasteiger partial charge in [-0.1, -0.05) is 13.8 Å². The number of Topliss-reactive ketones (excluding diaryl/α,β-unsaturated/α-hetero) is 2. The summed E-state index contributed by atoms with van der Waals surface area (Å²) in [5.41, 5.74) is 0. The summed E-state index contributed by atoms with van der Waals surface area (Å²) >= 11 is 3.45. The predicted molar refractivity (Wildman–Crippen MR) is 79.1 cm³/mol. The number of ketones is 2. The van der Waals surface area contributed by atoms with Crippen LogP contribution in [0.5, 0.6) is 0 Å². The van der Waals surface area contributed by atoms with Crippen LogP contribution in [0.4, 0.5) is 0 Å². The summed E-state index contributed by atoms with van der Waals surface area (Å²) in [6.45, 7) is 4.07. The van der Waals surface area contributed by atoms with Crippen molar-refractivity contribution in [2.24, 2.45) is 0 Å². The molecule has 0 spiro atoms. The molecule has 0 atom stereocenters. The monoisotopic (exact) mass is 276 g/mol. The van der Waals surface area contributed by atoms with Gasteiger partial charge in [0.15, 0.2) is 0 Å². The molecular formula is C13H24O2S2. The van der Waals surface area contributed by atoms with E-state index in [0.29, 0.717) is 35.9 Å². The van der Waals surface area contributed by atoms with Crippen LogP contribution in [-0.4, -0.2) is 34.6 Å². The zero-order valence-corrected chi connectivity index (χ0v) is 12.6. The lowest BCUT2D eigenvalue weighted by Crippen LogP contribution is -2.02. The Labute approximate surface area is 114 Å². The lowest BCUT2D eigenvalue weighted by Gasteiger charge is -2.01. The maximum Gasteiger partial charge on any atom is 0.142 e. The van der Waals surface area contributed by atoms with E-state index in [2.05, 4.69) is 0 Å². The Balaban J connectivity index is 3.18. The molecule has 0 radical (unpaired) electrons.